The van der Waals surface area contributed by atoms with Crippen LogP contribution >= 0.6 is 0 Å². The number of aromatic nitrogens is 1. The van der Waals surface area contributed by atoms with Crippen LogP contribution in [0.15, 0.2) is 18.5 Å². The summed E-state index contributed by atoms with van der Waals surface area (Å²) in [6.45, 7) is 3.45. The van der Waals surface area contributed by atoms with Crippen LogP contribution in [0.5, 0.6) is 0 Å². The molecule has 19 heavy (non-hydrogen) atoms. The lowest BCUT2D eigenvalue weighted by molar-refractivity contribution is -0.120. The minimum absolute atomic E-state index is 0.0607. The van der Waals surface area contributed by atoms with Gasteiger partial charge in [0.15, 0.2) is 0 Å². The van der Waals surface area contributed by atoms with Crippen LogP contribution < -0.4 is 11.1 Å². The van der Waals surface area contributed by atoms with E-state index < -0.39 is 23.8 Å². The number of carbonyl (C=O) groups is 3. The summed E-state index contributed by atoms with van der Waals surface area (Å²) in [7, 11) is 0. The summed E-state index contributed by atoms with van der Waals surface area (Å²) in [5, 5.41) is 11.4. The van der Waals surface area contributed by atoms with Crippen LogP contribution in [0, 0.1) is 5.92 Å². The Kier molecular flexibility index (Phi) is 4.57. The predicted molar refractivity (Wildman–Crippen MR) is 66.5 cm³/mol. The second kappa shape index (κ2) is 5.94. The van der Waals surface area contributed by atoms with Gasteiger partial charge in [0.1, 0.15) is 6.04 Å². The molecule has 2 amide bonds. The smallest absolute Gasteiger partial charge is 0.338 e. The van der Waals surface area contributed by atoms with Gasteiger partial charge < -0.3 is 16.2 Å². The standard InChI is InChI=1S/C12H15N3O4/c1-6(2)9(10(13)16)15-11(17)7-3-4-14-5-8(7)12(18)19/h3-6,9H,1-2H3,(H2,13,16)(H,15,17)(H,18,19). The Balaban J connectivity index is 3.01. The van der Waals surface area contributed by atoms with Gasteiger partial charge in [-0.3, -0.25) is 14.6 Å². The number of carboxylic acid groups (broad SMARTS) is 1. The first kappa shape index (κ1) is 14.6. The molecule has 1 heterocycles. The summed E-state index contributed by atoms with van der Waals surface area (Å²) in [6, 6.07) is 0.416. The first-order chi connectivity index (χ1) is 8.84. The predicted octanol–water partition coefficient (Wildman–Crippen LogP) is 0.0195. The van der Waals surface area contributed by atoms with E-state index in [-0.39, 0.29) is 17.0 Å². The topological polar surface area (TPSA) is 122 Å². The molecule has 1 aromatic rings. The molecule has 1 unspecified atom stereocenters. The van der Waals surface area contributed by atoms with Crippen molar-refractivity contribution in [2.45, 2.75) is 19.9 Å². The highest BCUT2D eigenvalue weighted by Crippen LogP contribution is 2.09. The van der Waals surface area contributed by atoms with Crippen molar-refractivity contribution in [1.82, 2.24) is 10.3 Å². The van der Waals surface area contributed by atoms with Gasteiger partial charge in [-0.2, -0.15) is 0 Å². The number of carboxylic acids is 1. The fourth-order valence-corrected chi connectivity index (χ4v) is 1.55. The number of nitrogens with zero attached hydrogens (tertiary/aromatic N) is 1. The molecule has 7 heteroatoms. The largest absolute Gasteiger partial charge is 0.478 e. The van der Waals surface area contributed by atoms with Crippen molar-refractivity contribution in [2.75, 3.05) is 0 Å². The molecule has 0 spiro atoms. The van der Waals surface area contributed by atoms with Gasteiger partial charge in [-0.25, -0.2) is 4.79 Å². The van der Waals surface area contributed by atoms with Gasteiger partial charge >= 0.3 is 5.97 Å². The van der Waals surface area contributed by atoms with Gasteiger partial charge in [-0.1, -0.05) is 13.8 Å². The summed E-state index contributed by atoms with van der Waals surface area (Å²) in [4.78, 5) is 37.8. The normalized spacial score (nSPS) is 11.9. The Bertz CT molecular complexity index is 513. The SMILES string of the molecule is CC(C)C(NC(=O)c1ccncc1C(=O)O)C(N)=O. The lowest BCUT2D eigenvalue weighted by atomic mass is 10.0. The molecular weight excluding hydrogens is 250 g/mol. The van der Waals surface area contributed by atoms with E-state index in [9.17, 15) is 14.4 Å². The van der Waals surface area contributed by atoms with E-state index in [1.807, 2.05) is 0 Å². The Labute approximate surface area is 109 Å². The molecule has 0 aliphatic heterocycles. The van der Waals surface area contributed by atoms with Gasteiger partial charge in [0.2, 0.25) is 5.91 Å². The van der Waals surface area contributed by atoms with Crippen LogP contribution in [-0.2, 0) is 4.79 Å². The second-order valence-electron chi connectivity index (χ2n) is 4.32. The van der Waals surface area contributed by atoms with E-state index >= 15 is 0 Å². The van der Waals surface area contributed by atoms with Crippen molar-refractivity contribution >= 4 is 17.8 Å². The number of hydrogen-bond acceptors (Lipinski definition) is 4. The minimum Gasteiger partial charge on any atom is -0.478 e. The Morgan fingerprint density at radius 3 is 2.42 bits per heavy atom. The lowest BCUT2D eigenvalue weighted by Gasteiger charge is -2.19. The molecule has 0 fully saturated rings. The highest BCUT2D eigenvalue weighted by molar-refractivity contribution is 6.05. The highest BCUT2D eigenvalue weighted by Gasteiger charge is 2.24. The third-order valence-electron chi connectivity index (χ3n) is 2.56. The molecule has 4 N–H and O–H groups in total. The van der Waals surface area contributed by atoms with Gasteiger partial charge in [-0.05, 0) is 12.0 Å². The summed E-state index contributed by atoms with van der Waals surface area (Å²) in [6.07, 6.45) is 2.38. The van der Waals surface area contributed by atoms with Crippen molar-refractivity contribution < 1.29 is 19.5 Å². The molecule has 0 bridgehead atoms. The van der Waals surface area contributed by atoms with E-state index in [1.54, 1.807) is 13.8 Å². The number of nitrogens with two attached hydrogens (primary N) is 1. The maximum absolute atomic E-state index is 12.0. The van der Waals surface area contributed by atoms with E-state index in [0.29, 0.717) is 0 Å². The van der Waals surface area contributed by atoms with Crippen LogP contribution in [0.1, 0.15) is 34.6 Å². The van der Waals surface area contributed by atoms with E-state index in [1.165, 1.54) is 12.3 Å². The summed E-state index contributed by atoms with van der Waals surface area (Å²) in [5.41, 5.74) is 4.89. The zero-order valence-electron chi connectivity index (χ0n) is 10.6. The molecule has 1 atom stereocenters. The maximum Gasteiger partial charge on any atom is 0.338 e. The van der Waals surface area contributed by atoms with Crippen molar-refractivity contribution in [3.8, 4) is 0 Å². The maximum atomic E-state index is 12.0. The Morgan fingerprint density at radius 2 is 1.95 bits per heavy atom. The Hall–Kier alpha value is -2.44. The fourth-order valence-electron chi connectivity index (χ4n) is 1.55. The monoisotopic (exact) mass is 265 g/mol. The first-order valence-corrected chi connectivity index (χ1v) is 5.62. The molecule has 0 aromatic carbocycles. The number of hydrogen-bond donors (Lipinski definition) is 3. The zero-order chi connectivity index (χ0) is 14.6. The Morgan fingerprint density at radius 1 is 1.32 bits per heavy atom. The molecule has 0 aliphatic carbocycles. The molecule has 7 nitrogen and oxygen atoms in total. The van der Waals surface area contributed by atoms with E-state index in [4.69, 9.17) is 10.8 Å². The molecule has 102 valence electrons. The number of pyridine rings is 1. The fraction of sp³-hybridized carbons (Fsp3) is 0.333. The minimum atomic E-state index is -1.27. The number of aromatic carboxylic acids is 1. The molecule has 0 aliphatic rings. The lowest BCUT2D eigenvalue weighted by Crippen LogP contribution is -2.47. The summed E-state index contributed by atoms with van der Waals surface area (Å²) < 4.78 is 0. The molecule has 1 aromatic heterocycles. The van der Waals surface area contributed by atoms with Crippen molar-refractivity contribution in [1.29, 1.82) is 0 Å². The van der Waals surface area contributed by atoms with E-state index in [0.717, 1.165) is 6.20 Å². The van der Waals surface area contributed by atoms with Crippen LogP contribution in [0.4, 0.5) is 0 Å². The van der Waals surface area contributed by atoms with Crippen molar-refractivity contribution in [3.63, 3.8) is 0 Å². The van der Waals surface area contributed by atoms with Crippen molar-refractivity contribution in [2.24, 2.45) is 11.7 Å². The zero-order valence-corrected chi connectivity index (χ0v) is 10.6. The van der Waals surface area contributed by atoms with Crippen LogP contribution in [-0.4, -0.2) is 33.9 Å². The third-order valence-corrected chi connectivity index (χ3v) is 2.56. The van der Waals surface area contributed by atoms with Gasteiger partial charge in [-0.15, -0.1) is 0 Å². The number of carbonyl (C=O) groups excluding carboxylic acids is 2. The van der Waals surface area contributed by atoms with E-state index in [2.05, 4.69) is 10.3 Å². The van der Waals surface area contributed by atoms with Crippen LogP contribution in [0.2, 0.25) is 0 Å². The number of nitrogens with one attached hydrogen (secondary N) is 1. The molecular formula is C12H15N3O4. The second-order valence-corrected chi connectivity index (χ2v) is 4.32. The summed E-state index contributed by atoms with van der Waals surface area (Å²) >= 11 is 0. The number of primary amides is 1. The highest BCUT2D eigenvalue weighted by atomic mass is 16.4. The third kappa shape index (κ3) is 3.51. The van der Waals surface area contributed by atoms with Crippen LogP contribution in [0.3, 0.4) is 0 Å². The molecule has 0 saturated carbocycles. The molecule has 1 rings (SSSR count). The quantitative estimate of drug-likeness (QED) is 0.692. The average Bonchev–Trinajstić information content (AvgIpc) is 2.34. The van der Waals surface area contributed by atoms with Gasteiger partial charge in [0.05, 0.1) is 11.1 Å². The number of rotatable bonds is 5. The molecule has 0 radical (unpaired) electrons. The van der Waals surface area contributed by atoms with Crippen LogP contribution in [0.25, 0.3) is 0 Å². The van der Waals surface area contributed by atoms with Gasteiger partial charge in [0.25, 0.3) is 5.91 Å². The van der Waals surface area contributed by atoms with Crippen molar-refractivity contribution in [3.05, 3.63) is 29.6 Å². The molecule has 0 saturated heterocycles. The first-order valence-electron chi connectivity index (χ1n) is 5.62. The van der Waals surface area contributed by atoms with Gasteiger partial charge in [0, 0.05) is 12.4 Å². The number of amides is 2. The summed E-state index contributed by atoms with van der Waals surface area (Å²) in [5.74, 6) is -2.80. The average molecular weight is 265 g/mol.